The van der Waals surface area contributed by atoms with E-state index in [0.29, 0.717) is 11.6 Å². The maximum atomic E-state index is 12.9. The van der Waals surface area contributed by atoms with E-state index in [1.54, 1.807) is 6.92 Å². The molecule has 0 aliphatic heterocycles. The van der Waals surface area contributed by atoms with E-state index >= 15 is 0 Å². The molecule has 0 aliphatic rings. The molecule has 1 aromatic heterocycles. The number of amides is 1. The summed E-state index contributed by atoms with van der Waals surface area (Å²) in [7, 11) is -9.13. The van der Waals surface area contributed by atoms with Crippen LogP contribution in [0.15, 0.2) is 67.3 Å². The number of carbonyl (C=O) groups is 2. The van der Waals surface area contributed by atoms with E-state index in [0.717, 1.165) is 24.3 Å². The third-order valence-electron chi connectivity index (χ3n) is 5.42. The van der Waals surface area contributed by atoms with Gasteiger partial charge >= 0.3 is 5.97 Å². The molecule has 0 spiro atoms. The van der Waals surface area contributed by atoms with Crippen LogP contribution in [0.4, 0.5) is 11.4 Å². The number of aromatic hydroxyl groups is 1. The molecule has 0 saturated heterocycles. The Kier molecular flexibility index (Phi) is 8.01. The van der Waals surface area contributed by atoms with Crippen LogP contribution in [0.3, 0.4) is 0 Å². The lowest BCUT2D eigenvalue weighted by atomic mass is 10.1. The van der Waals surface area contributed by atoms with E-state index in [9.17, 15) is 41.4 Å². The van der Waals surface area contributed by atoms with Crippen molar-refractivity contribution in [3.05, 3.63) is 75.1 Å². The summed E-state index contributed by atoms with van der Waals surface area (Å²) in [5.41, 5.74) is -2.60. The summed E-state index contributed by atoms with van der Waals surface area (Å²) in [6.45, 7) is 2.81. The van der Waals surface area contributed by atoms with Crippen molar-refractivity contribution in [2.75, 3.05) is 0 Å². The second-order valence-electron chi connectivity index (χ2n) is 8.05. The molecule has 1 unspecified atom stereocenters. The highest BCUT2D eigenvalue weighted by molar-refractivity contribution is 7.86. The van der Waals surface area contributed by atoms with Crippen LogP contribution in [0.25, 0.3) is 0 Å². The summed E-state index contributed by atoms with van der Waals surface area (Å²) >= 11 is 0. The van der Waals surface area contributed by atoms with Crippen molar-refractivity contribution >= 4 is 43.5 Å². The lowest BCUT2D eigenvalue weighted by Crippen LogP contribution is -2.28. The predicted molar refractivity (Wildman–Crippen MR) is 133 cm³/mol. The van der Waals surface area contributed by atoms with Crippen LogP contribution in [-0.2, 0) is 20.2 Å². The smallest absolute Gasteiger partial charge is 0.338 e. The maximum Gasteiger partial charge on any atom is 0.338 e. The SMILES string of the molecule is Cc1c(C(=O)NC(C)c2ccc(S(=O)(=O)O)cc2)c(O)[nH]c(=O)c1N=Nc1ccc(S(=O)(=O)O)cc1C(=O)O. The number of H-pyrrole nitrogens is 1. The molecule has 15 nitrogen and oxygen atoms in total. The molecule has 6 N–H and O–H groups in total. The maximum absolute atomic E-state index is 12.9. The van der Waals surface area contributed by atoms with Gasteiger partial charge in [0.05, 0.1) is 21.4 Å². The van der Waals surface area contributed by atoms with Crippen LogP contribution in [0.5, 0.6) is 5.88 Å². The van der Waals surface area contributed by atoms with Gasteiger partial charge in [0, 0.05) is 5.56 Å². The minimum Gasteiger partial charge on any atom is -0.494 e. The average molecular weight is 581 g/mol. The number of benzene rings is 2. The first kappa shape index (κ1) is 29.1. The Labute approximate surface area is 220 Å². The van der Waals surface area contributed by atoms with E-state index in [1.807, 2.05) is 4.98 Å². The van der Waals surface area contributed by atoms with Crippen LogP contribution in [-0.4, -0.2) is 53.0 Å². The fourth-order valence-electron chi connectivity index (χ4n) is 3.41. The number of carboxylic acids is 1. The summed E-state index contributed by atoms with van der Waals surface area (Å²) in [5, 5.41) is 29.5. The van der Waals surface area contributed by atoms with Gasteiger partial charge in [-0.3, -0.25) is 23.7 Å². The van der Waals surface area contributed by atoms with E-state index in [-0.39, 0.29) is 16.1 Å². The van der Waals surface area contributed by atoms with Gasteiger partial charge in [-0.15, -0.1) is 10.2 Å². The minimum atomic E-state index is -4.72. The summed E-state index contributed by atoms with van der Waals surface area (Å²) in [4.78, 5) is 37.9. The van der Waals surface area contributed by atoms with Crippen molar-refractivity contribution in [2.45, 2.75) is 29.7 Å². The number of aromatic carboxylic acids is 1. The van der Waals surface area contributed by atoms with Gasteiger partial charge in [-0.1, -0.05) is 12.1 Å². The van der Waals surface area contributed by atoms with Gasteiger partial charge < -0.3 is 15.5 Å². The Bertz CT molecular complexity index is 1780. The third kappa shape index (κ3) is 6.52. The highest BCUT2D eigenvalue weighted by Crippen LogP contribution is 2.29. The van der Waals surface area contributed by atoms with Crippen LogP contribution in [0.1, 0.15) is 44.8 Å². The number of rotatable bonds is 8. The van der Waals surface area contributed by atoms with Crippen molar-refractivity contribution in [3.63, 3.8) is 0 Å². The van der Waals surface area contributed by atoms with Gasteiger partial charge in [0.25, 0.3) is 31.7 Å². The first-order valence-electron chi connectivity index (χ1n) is 10.6. The number of hydrogen-bond donors (Lipinski definition) is 6. The molecule has 1 amide bonds. The van der Waals surface area contributed by atoms with Crippen molar-refractivity contribution in [3.8, 4) is 5.88 Å². The molecule has 0 bridgehead atoms. The molecule has 1 heterocycles. The Morgan fingerprint density at radius 2 is 1.51 bits per heavy atom. The lowest BCUT2D eigenvalue weighted by Gasteiger charge is -2.16. The topological polar surface area (TPSA) is 253 Å². The van der Waals surface area contributed by atoms with E-state index in [2.05, 4.69) is 15.5 Å². The number of hydrogen-bond acceptors (Lipinski definition) is 10. The van der Waals surface area contributed by atoms with Crippen molar-refractivity contribution in [2.24, 2.45) is 10.2 Å². The highest BCUT2D eigenvalue weighted by atomic mass is 32.2. The Morgan fingerprint density at radius 3 is 2.05 bits per heavy atom. The number of nitrogens with one attached hydrogen (secondary N) is 2. The molecule has 0 fully saturated rings. The highest BCUT2D eigenvalue weighted by Gasteiger charge is 2.23. The van der Waals surface area contributed by atoms with Gasteiger partial charge in [-0.2, -0.15) is 16.8 Å². The van der Waals surface area contributed by atoms with Crippen molar-refractivity contribution in [1.82, 2.24) is 10.3 Å². The summed E-state index contributed by atoms with van der Waals surface area (Å²) in [6.07, 6.45) is 0. The monoisotopic (exact) mass is 580 g/mol. The quantitative estimate of drug-likeness (QED) is 0.167. The van der Waals surface area contributed by atoms with Crippen LogP contribution < -0.4 is 10.9 Å². The molecule has 2 aromatic carbocycles. The number of carbonyl (C=O) groups excluding carboxylic acids is 1. The molecule has 17 heteroatoms. The number of azo groups is 1. The molecule has 206 valence electrons. The van der Waals surface area contributed by atoms with Crippen LogP contribution in [0.2, 0.25) is 0 Å². The van der Waals surface area contributed by atoms with Gasteiger partial charge in [0.15, 0.2) is 5.69 Å². The zero-order chi connectivity index (χ0) is 29.3. The molecule has 0 radical (unpaired) electrons. The van der Waals surface area contributed by atoms with Crippen LogP contribution >= 0.6 is 0 Å². The van der Waals surface area contributed by atoms with E-state index in [4.69, 9.17) is 9.11 Å². The first-order chi connectivity index (χ1) is 18.0. The van der Waals surface area contributed by atoms with Gasteiger partial charge in [-0.05, 0) is 49.7 Å². The number of nitrogens with zero attached hydrogens (tertiary/aromatic N) is 2. The molecular formula is C22H20N4O11S2. The number of carboxylic acid groups (broad SMARTS) is 1. The third-order valence-corrected chi connectivity index (χ3v) is 7.14. The molecule has 0 aliphatic carbocycles. The van der Waals surface area contributed by atoms with E-state index < -0.39 is 71.3 Å². The molecule has 1 atom stereocenters. The lowest BCUT2D eigenvalue weighted by molar-refractivity contribution is 0.0697. The number of aromatic amines is 1. The molecule has 3 rings (SSSR count). The largest absolute Gasteiger partial charge is 0.494 e. The minimum absolute atomic E-state index is 0.141. The van der Waals surface area contributed by atoms with Crippen molar-refractivity contribution < 1.29 is 45.7 Å². The summed E-state index contributed by atoms with van der Waals surface area (Å²) < 4.78 is 63.3. The second kappa shape index (κ2) is 10.7. The zero-order valence-corrected chi connectivity index (χ0v) is 21.6. The Morgan fingerprint density at radius 1 is 0.949 bits per heavy atom. The van der Waals surface area contributed by atoms with E-state index in [1.165, 1.54) is 19.1 Å². The first-order valence-corrected chi connectivity index (χ1v) is 13.5. The molecular weight excluding hydrogens is 560 g/mol. The number of aromatic nitrogens is 1. The van der Waals surface area contributed by atoms with Crippen molar-refractivity contribution in [1.29, 1.82) is 0 Å². The Hall–Kier alpha value is -4.45. The Balaban J connectivity index is 1.96. The van der Waals surface area contributed by atoms with Gasteiger partial charge in [0.2, 0.25) is 5.88 Å². The molecule has 3 aromatic rings. The number of pyridine rings is 1. The summed E-state index contributed by atoms with van der Waals surface area (Å²) in [6, 6.07) is 6.66. The van der Waals surface area contributed by atoms with Crippen LogP contribution in [0, 0.1) is 6.92 Å². The standard InChI is InChI=1S/C22H20N4O11S2/c1-10-17(19(27)23-11(2)12-3-5-13(6-4-12)38(32,33)34)20(28)24-21(29)18(10)26-25-16-8-7-14(39(35,36)37)9-15(16)22(30)31/h3-9,11H,1-2H3,(H,23,27)(H,30,31)(H2,24,28,29)(H,32,33,34)(H,35,36,37). The fraction of sp³-hybridized carbons (Fsp3) is 0.136. The average Bonchev–Trinajstić information content (AvgIpc) is 2.82. The zero-order valence-electron chi connectivity index (χ0n) is 20.0. The molecule has 0 saturated carbocycles. The second-order valence-corrected chi connectivity index (χ2v) is 10.9. The normalized spacial score (nSPS) is 12.8. The fourth-order valence-corrected chi connectivity index (χ4v) is 4.40. The molecule has 39 heavy (non-hydrogen) atoms. The summed E-state index contributed by atoms with van der Waals surface area (Å²) in [5.74, 6) is -3.27. The van der Waals surface area contributed by atoms with Gasteiger partial charge in [-0.25, -0.2) is 4.79 Å². The van der Waals surface area contributed by atoms with Gasteiger partial charge in [0.1, 0.15) is 11.3 Å². The predicted octanol–water partition coefficient (Wildman–Crippen LogP) is 2.49.